The molecular weight excluding hydrogens is 342 g/mol. The molecule has 0 atom stereocenters. The summed E-state index contributed by atoms with van der Waals surface area (Å²) in [5.41, 5.74) is 3.61. The van der Waals surface area contributed by atoms with E-state index in [1.165, 1.54) is 6.92 Å². The van der Waals surface area contributed by atoms with Crippen molar-refractivity contribution in [1.29, 1.82) is 0 Å². The number of esters is 1. The molecule has 1 heterocycles. The Balaban J connectivity index is 1.76. The number of amides is 1. The lowest BCUT2D eigenvalue weighted by Gasteiger charge is -2.07. The molecule has 1 N–H and O–H groups in total. The molecule has 6 heteroatoms. The molecule has 0 aliphatic carbocycles. The molecule has 138 valence electrons. The number of aromatic nitrogens is 2. The third kappa shape index (κ3) is 4.41. The zero-order valence-corrected chi connectivity index (χ0v) is 15.5. The summed E-state index contributed by atoms with van der Waals surface area (Å²) >= 11 is 0. The molecule has 3 rings (SSSR count). The summed E-state index contributed by atoms with van der Waals surface area (Å²) in [6, 6.07) is 16.6. The molecule has 0 radical (unpaired) electrons. The van der Waals surface area contributed by atoms with Crippen molar-refractivity contribution in [3.8, 4) is 5.75 Å². The summed E-state index contributed by atoms with van der Waals surface area (Å²) in [6.45, 7) is 5.68. The topological polar surface area (TPSA) is 73.2 Å². The Morgan fingerprint density at radius 3 is 2.33 bits per heavy atom. The van der Waals surface area contributed by atoms with Crippen molar-refractivity contribution in [3.63, 3.8) is 0 Å². The van der Waals surface area contributed by atoms with E-state index in [1.807, 2.05) is 37.3 Å². The van der Waals surface area contributed by atoms with Crippen LogP contribution in [-0.2, 0) is 11.3 Å². The van der Waals surface area contributed by atoms with Gasteiger partial charge >= 0.3 is 5.97 Å². The number of rotatable bonds is 5. The number of hydrogen-bond acceptors (Lipinski definition) is 4. The molecule has 0 unspecified atom stereocenters. The van der Waals surface area contributed by atoms with Crippen molar-refractivity contribution in [2.75, 3.05) is 5.32 Å². The summed E-state index contributed by atoms with van der Waals surface area (Å²) in [5, 5.41) is 7.15. The Morgan fingerprint density at radius 2 is 1.70 bits per heavy atom. The molecule has 3 aromatic rings. The minimum Gasteiger partial charge on any atom is -0.423 e. The fourth-order valence-electron chi connectivity index (χ4n) is 2.87. The van der Waals surface area contributed by atoms with Gasteiger partial charge < -0.3 is 10.1 Å². The van der Waals surface area contributed by atoms with Crippen LogP contribution in [0.3, 0.4) is 0 Å². The fraction of sp³-hybridized carbons (Fsp3) is 0.190. The Bertz CT molecular complexity index is 960. The number of carbonyl (C=O) groups is 2. The number of anilines is 1. The van der Waals surface area contributed by atoms with Gasteiger partial charge in [0.25, 0.3) is 0 Å². The van der Waals surface area contributed by atoms with Gasteiger partial charge in [0.2, 0.25) is 5.91 Å². The molecule has 0 bridgehead atoms. The zero-order valence-electron chi connectivity index (χ0n) is 15.5. The van der Waals surface area contributed by atoms with E-state index in [-0.39, 0.29) is 5.91 Å². The summed E-state index contributed by atoms with van der Waals surface area (Å²) in [7, 11) is 0. The van der Waals surface area contributed by atoms with Gasteiger partial charge in [0.1, 0.15) is 11.3 Å². The van der Waals surface area contributed by atoms with Gasteiger partial charge in [-0.3, -0.25) is 9.48 Å². The van der Waals surface area contributed by atoms with Crippen LogP contribution in [0.15, 0.2) is 54.6 Å². The first-order valence-corrected chi connectivity index (χ1v) is 8.62. The third-order valence-electron chi connectivity index (χ3n) is 4.15. The van der Waals surface area contributed by atoms with Gasteiger partial charge in [-0.1, -0.05) is 30.3 Å². The maximum absolute atomic E-state index is 12.6. The fourth-order valence-corrected chi connectivity index (χ4v) is 2.87. The van der Waals surface area contributed by atoms with Gasteiger partial charge in [0.15, 0.2) is 0 Å². The van der Waals surface area contributed by atoms with Gasteiger partial charge in [0.05, 0.1) is 17.9 Å². The lowest BCUT2D eigenvalue weighted by Crippen LogP contribution is -2.12. The molecular formula is C21H21N3O3. The number of nitrogens with zero attached hydrogens (tertiary/aromatic N) is 2. The van der Waals surface area contributed by atoms with Crippen LogP contribution in [0.5, 0.6) is 5.75 Å². The normalized spacial score (nSPS) is 10.5. The highest BCUT2D eigenvalue weighted by Crippen LogP contribution is 2.20. The van der Waals surface area contributed by atoms with Crippen LogP contribution in [0.4, 0.5) is 5.69 Å². The van der Waals surface area contributed by atoms with Crippen LogP contribution in [-0.4, -0.2) is 21.7 Å². The number of hydrogen-bond donors (Lipinski definition) is 1. The predicted molar refractivity (Wildman–Crippen MR) is 103 cm³/mol. The average molecular weight is 363 g/mol. The highest BCUT2D eigenvalue weighted by molar-refractivity contribution is 5.93. The maximum Gasteiger partial charge on any atom is 0.347 e. The first-order valence-electron chi connectivity index (χ1n) is 8.62. The predicted octanol–water partition coefficient (Wildman–Crippen LogP) is 3.73. The molecule has 0 aliphatic rings. The third-order valence-corrected chi connectivity index (χ3v) is 4.15. The summed E-state index contributed by atoms with van der Waals surface area (Å²) in [4.78, 5) is 23.7. The molecule has 6 nitrogen and oxygen atoms in total. The van der Waals surface area contributed by atoms with E-state index in [9.17, 15) is 9.59 Å². The van der Waals surface area contributed by atoms with E-state index in [4.69, 9.17) is 4.74 Å². The summed E-state index contributed by atoms with van der Waals surface area (Å²) in [5.74, 6) is -0.197. The number of carbonyl (C=O) groups excluding carboxylic acids is 2. The first kappa shape index (κ1) is 18.4. The quantitative estimate of drug-likeness (QED) is 0.554. The van der Waals surface area contributed by atoms with Crippen LogP contribution in [0, 0.1) is 13.8 Å². The minimum atomic E-state index is -0.448. The Labute approximate surface area is 157 Å². The van der Waals surface area contributed by atoms with Crippen molar-refractivity contribution >= 4 is 17.6 Å². The average Bonchev–Trinajstić information content (AvgIpc) is 2.90. The smallest absolute Gasteiger partial charge is 0.347 e. The molecule has 0 aliphatic heterocycles. The van der Waals surface area contributed by atoms with Gasteiger partial charge in [-0.25, -0.2) is 4.79 Å². The molecule has 1 aromatic heterocycles. The van der Waals surface area contributed by atoms with Crippen molar-refractivity contribution in [2.45, 2.75) is 27.3 Å². The molecule has 2 aromatic carbocycles. The lowest BCUT2D eigenvalue weighted by atomic mass is 10.2. The number of nitrogens with one attached hydrogen (secondary N) is 1. The summed E-state index contributed by atoms with van der Waals surface area (Å²) < 4.78 is 7.29. The SMILES string of the molecule is CC(=O)Nc1ccc(OC(=O)c2c(C)nn(Cc3ccccc3)c2C)cc1. The molecule has 1 amide bonds. The second-order valence-corrected chi connectivity index (χ2v) is 6.28. The van der Waals surface area contributed by atoms with Gasteiger partial charge in [-0.05, 0) is 43.7 Å². The molecule has 0 fully saturated rings. The van der Waals surface area contributed by atoms with E-state index in [2.05, 4.69) is 10.4 Å². The molecule has 0 spiro atoms. The standard InChI is InChI=1S/C21H21N3O3/c1-14-20(15(2)24(23-14)13-17-7-5-4-6-8-17)21(26)27-19-11-9-18(10-12-19)22-16(3)25/h4-12H,13H2,1-3H3,(H,22,25). The molecule has 0 saturated heterocycles. The Kier molecular flexibility index (Phi) is 5.35. The van der Waals surface area contributed by atoms with Gasteiger partial charge in [-0.15, -0.1) is 0 Å². The van der Waals surface area contributed by atoms with E-state index in [0.29, 0.717) is 29.2 Å². The van der Waals surface area contributed by atoms with E-state index < -0.39 is 5.97 Å². The minimum absolute atomic E-state index is 0.156. The van der Waals surface area contributed by atoms with Crippen molar-refractivity contribution < 1.29 is 14.3 Å². The van der Waals surface area contributed by atoms with Crippen molar-refractivity contribution in [3.05, 3.63) is 77.1 Å². The van der Waals surface area contributed by atoms with Crippen LogP contribution in [0.1, 0.15) is 34.2 Å². The zero-order chi connectivity index (χ0) is 19.4. The molecule has 0 saturated carbocycles. The van der Waals surface area contributed by atoms with Gasteiger partial charge in [-0.2, -0.15) is 5.10 Å². The second-order valence-electron chi connectivity index (χ2n) is 6.28. The highest BCUT2D eigenvalue weighted by Gasteiger charge is 2.20. The van der Waals surface area contributed by atoms with Gasteiger partial charge in [0, 0.05) is 12.6 Å². The highest BCUT2D eigenvalue weighted by atomic mass is 16.5. The van der Waals surface area contributed by atoms with E-state index in [1.54, 1.807) is 35.9 Å². The monoisotopic (exact) mass is 363 g/mol. The largest absolute Gasteiger partial charge is 0.423 e. The Morgan fingerprint density at radius 1 is 1.04 bits per heavy atom. The van der Waals surface area contributed by atoms with Crippen LogP contribution >= 0.6 is 0 Å². The van der Waals surface area contributed by atoms with Crippen LogP contribution < -0.4 is 10.1 Å². The van der Waals surface area contributed by atoms with E-state index in [0.717, 1.165) is 11.3 Å². The Hall–Kier alpha value is -3.41. The van der Waals surface area contributed by atoms with Crippen LogP contribution in [0.2, 0.25) is 0 Å². The first-order chi connectivity index (χ1) is 12.9. The maximum atomic E-state index is 12.6. The molecule has 27 heavy (non-hydrogen) atoms. The van der Waals surface area contributed by atoms with E-state index >= 15 is 0 Å². The second kappa shape index (κ2) is 7.86. The van der Waals surface area contributed by atoms with Crippen molar-refractivity contribution in [2.24, 2.45) is 0 Å². The number of ether oxygens (including phenoxy) is 1. The van der Waals surface area contributed by atoms with Crippen LogP contribution in [0.25, 0.3) is 0 Å². The van der Waals surface area contributed by atoms with Crippen molar-refractivity contribution in [1.82, 2.24) is 9.78 Å². The lowest BCUT2D eigenvalue weighted by molar-refractivity contribution is -0.114. The summed E-state index contributed by atoms with van der Waals surface area (Å²) in [6.07, 6.45) is 0. The number of benzene rings is 2. The number of aryl methyl sites for hydroxylation is 1.